The van der Waals surface area contributed by atoms with Crippen LogP contribution in [0, 0.1) is 6.92 Å². The van der Waals surface area contributed by atoms with E-state index in [2.05, 4.69) is 16.0 Å². The largest absolute Gasteiger partial charge is 0.483 e. The van der Waals surface area contributed by atoms with Gasteiger partial charge in [-0.15, -0.1) is 0 Å². The van der Waals surface area contributed by atoms with Crippen LogP contribution in [0.3, 0.4) is 0 Å². The number of hydrogen-bond donors (Lipinski definition) is 0. The van der Waals surface area contributed by atoms with Gasteiger partial charge in [-0.2, -0.15) is 0 Å². The number of carbonyl (C=O) groups is 2. The topological polar surface area (TPSA) is 94.1 Å². The molecule has 4 rings (SSSR count). The normalized spacial score (nSPS) is 17.4. The highest BCUT2D eigenvalue weighted by Gasteiger charge is 2.37. The first-order valence-electron chi connectivity index (χ1n) is 14.0. The lowest BCUT2D eigenvalue weighted by Crippen LogP contribution is -2.41. The van der Waals surface area contributed by atoms with E-state index in [1.54, 1.807) is 4.90 Å². The molecule has 2 aromatic rings. The Hall–Kier alpha value is -3.07. The molecule has 1 aromatic heterocycles. The van der Waals surface area contributed by atoms with Gasteiger partial charge in [-0.1, -0.05) is 31.5 Å². The molecule has 10 heteroatoms. The molecule has 1 fully saturated rings. The quantitative estimate of drug-likeness (QED) is 0.317. The van der Waals surface area contributed by atoms with Crippen molar-refractivity contribution >= 4 is 35.3 Å². The van der Waals surface area contributed by atoms with E-state index in [0.29, 0.717) is 35.9 Å². The number of likely N-dealkylation sites (tertiary alicyclic amines) is 1. The molecule has 0 bridgehead atoms. The van der Waals surface area contributed by atoms with Crippen LogP contribution < -0.4 is 9.64 Å². The Bertz CT molecular complexity index is 1230. The molecule has 1 unspecified atom stereocenters. The molecule has 0 saturated carbocycles. The van der Waals surface area contributed by atoms with Crippen molar-refractivity contribution in [2.45, 2.75) is 105 Å². The molecule has 0 aliphatic carbocycles. The molecule has 0 radical (unpaired) electrons. The number of amides is 2. The second-order valence-corrected chi connectivity index (χ2v) is 12.3. The van der Waals surface area contributed by atoms with Crippen LogP contribution in [-0.4, -0.2) is 51.3 Å². The highest BCUT2D eigenvalue weighted by atomic mass is 35.5. The zero-order valence-corrected chi connectivity index (χ0v) is 26.2. The van der Waals surface area contributed by atoms with E-state index in [1.807, 2.05) is 75.3 Å². The second-order valence-electron chi connectivity index (χ2n) is 11.9. The van der Waals surface area contributed by atoms with Crippen molar-refractivity contribution in [3.63, 3.8) is 0 Å². The number of fused-ring (bicyclic) bond motifs is 2. The Labute approximate surface area is 243 Å². The summed E-state index contributed by atoms with van der Waals surface area (Å²) >= 11 is 6.48. The van der Waals surface area contributed by atoms with Gasteiger partial charge in [0.05, 0.1) is 11.3 Å². The zero-order valence-electron chi connectivity index (χ0n) is 25.4. The van der Waals surface area contributed by atoms with Crippen molar-refractivity contribution < 1.29 is 23.8 Å². The monoisotopic (exact) mass is 574 g/mol. The van der Waals surface area contributed by atoms with E-state index in [9.17, 15) is 9.59 Å². The Kier molecular flexibility index (Phi) is 9.60. The summed E-state index contributed by atoms with van der Waals surface area (Å²) < 4.78 is 17.7. The molecule has 2 amide bonds. The van der Waals surface area contributed by atoms with Crippen molar-refractivity contribution in [3.8, 4) is 5.75 Å². The number of anilines is 2. The average molecular weight is 575 g/mol. The van der Waals surface area contributed by atoms with E-state index in [1.165, 1.54) is 11.2 Å². The molecule has 3 heterocycles. The first kappa shape index (κ1) is 31.5. The number of aryl methyl sites for hydroxylation is 1. The van der Waals surface area contributed by atoms with Gasteiger partial charge in [0.2, 0.25) is 0 Å². The fourth-order valence-electron chi connectivity index (χ4n) is 4.80. The molecular weight excluding hydrogens is 532 g/mol. The highest BCUT2D eigenvalue weighted by molar-refractivity contribution is 6.30. The Morgan fingerprint density at radius 2 is 1.55 bits per heavy atom. The molecule has 40 heavy (non-hydrogen) atoms. The van der Waals surface area contributed by atoms with E-state index in [4.69, 9.17) is 25.8 Å². The summed E-state index contributed by atoms with van der Waals surface area (Å²) in [7, 11) is 0. The fraction of sp³-hybridized carbons (Fsp3) is 0.600. The van der Waals surface area contributed by atoms with Gasteiger partial charge in [0.25, 0.3) is 0 Å². The summed E-state index contributed by atoms with van der Waals surface area (Å²) in [6.07, 6.45) is 1.51. The molecule has 220 valence electrons. The van der Waals surface area contributed by atoms with Gasteiger partial charge in [-0.05, 0) is 91.3 Å². The van der Waals surface area contributed by atoms with Gasteiger partial charge in [0.1, 0.15) is 34.5 Å². The van der Waals surface area contributed by atoms with Crippen LogP contribution in [0.1, 0.15) is 104 Å². The van der Waals surface area contributed by atoms with E-state index in [0.717, 1.165) is 24.0 Å². The maximum atomic E-state index is 13.6. The lowest BCUT2D eigenvalue weighted by Gasteiger charge is -2.34. The number of ether oxygens (including phenoxy) is 3. The smallest absolute Gasteiger partial charge is 0.420 e. The maximum Gasteiger partial charge on any atom is 0.420 e. The summed E-state index contributed by atoms with van der Waals surface area (Å²) in [6, 6.07) is 4.06. The van der Waals surface area contributed by atoms with Gasteiger partial charge in [-0.3, -0.25) is 0 Å². The van der Waals surface area contributed by atoms with Crippen molar-refractivity contribution in [3.05, 3.63) is 40.3 Å². The highest BCUT2D eigenvalue weighted by Crippen LogP contribution is 2.48. The van der Waals surface area contributed by atoms with Gasteiger partial charge >= 0.3 is 12.2 Å². The summed E-state index contributed by atoms with van der Waals surface area (Å²) in [6.45, 7) is 20.0. The van der Waals surface area contributed by atoms with Crippen LogP contribution in [0.15, 0.2) is 18.5 Å². The zero-order chi connectivity index (χ0) is 30.0. The van der Waals surface area contributed by atoms with Crippen molar-refractivity contribution in [1.82, 2.24) is 14.9 Å². The van der Waals surface area contributed by atoms with Crippen LogP contribution in [-0.2, 0) is 9.47 Å². The number of carbonyl (C=O) groups excluding carboxylic acids is 2. The molecule has 1 aromatic carbocycles. The third kappa shape index (κ3) is 7.16. The molecule has 2 aliphatic heterocycles. The van der Waals surface area contributed by atoms with Crippen LogP contribution in [0.25, 0.3) is 0 Å². The van der Waals surface area contributed by atoms with Crippen LogP contribution >= 0.6 is 11.6 Å². The van der Waals surface area contributed by atoms with Crippen molar-refractivity contribution in [2.24, 2.45) is 0 Å². The van der Waals surface area contributed by atoms with Crippen LogP contribution in [0.4, 0.5) is 21.1 Å². The molecule has 0 N–H and O–H groups in total. The third-order valence-electron chi connectivity index (χ3n) is 6.44. The van der Waals surface area contributed by atoms with Gasteiger partial charge in [0, 0.05) is 13.1 Å². The number of nitrogens with zero attached hydrogens (tertiary/aromatic N) is 4. The Morgan fingerprint density at radius 1 is 0.975 bits per heavy atom. The minimum atomic E-state index is -0.728. The minimum absolute atomic E-state index is 0.187. The van der Waals surface area contributed by atoms with Crippen molar-refractivity contribution in [1.29, 1.82) is 0 Å². The molecular formula is C30H43ClN4O5. The lowest BCUT2D eigenvalue weighted by molar-refractivity contribution is 0.0204. The Morgan fingerprint density at radius 3 is 2.12 bits per heavy atom. The molecule has 2 aliphatic rings. The number of benzene rings is 1. The third-order valence-corrected chi connectivity index (χ3v) is 6.74. The SMILES string of the molecule is CC.Cc1cc(C2CCN(C(=O)OC(C)(C)C)CC2)cc2c1OC(C)c1c(Cl)ncnc1N2C(=O)OC(C)(C)C. The number of rotatable bonds is 1. The number of hydrogen-bond acceptors (Lipinski definition) is 7. The van der Waals surface area contributed by atoms with E-state index in [-0.39, 0.29) is 17.2 Å². The van der Waals surface area contributed by atoms with Gasteiger partial charge in [-0.25, -0.2) is 24.5 Å². The lowest BCUT2D eigenvalue weighted by atomic mass is 9.88. The predicted octanol–water partition coefficient (Wildman–Crippen LogP) is 8.11. The molecule has 0 spiro atoms. The minimum Gasteiger partial charge on any atom is -0.483 e. The molecule has 9 nitrogen and oxygen atoms in total. The number of aromatic nitrogens is 2. The van der Waals surface area contributed by atoms with Crippen LogP contribution in [0.2, 0.25) is 5.15 Å². The van der Waals surface area contributed by atoms with Gasteiger partial charge < -0.3 is 19.1 Å². The standard InChI is InChI=1S/C28H37ClN4O5.C2H6/c1-16-13-19(18-9-11-32(12-10-18)25(34)37-27(3,4)5)14-20-22(16)36-17(2)21-23(29)30-15-31-24(21)33(20)26(35)38-28(6,7)8;1-2/h13-15,17-18H,9-12H2,1-8H3;1-2H3. The maximum absolute atomic E-state index is 13.6. The van der Waals surface area contributed by atoms with Crippen molar-refractivity contribution in [2.75, 3.05) is 18.0 Å². The fourth-order valence-corrected chi connectivity index (χ4v) is 5.08. The number of halogens is 1. The van der Waals surface area contributed by atoms with E-state index < -0.39 is 23.4 Å². The van der Waals surface area contributed by atoms with Gasteiger partial charge in [0.15, 0.2) is 5.82 Å². The summed E-state index contributed by atoms with van der Waals surface area (Å²) in [5.74, 6) is 1.08. The number of piperidine rings is 1. The predicted molar refractivity (Wildman–Crippen MR) is 157 cm³/mol. The Balaban J connectivity index is 0.00000216. The van der Waals surface area contributed by atoms with E-state index >= 15 is 0 Å². The first-order valence-corrected chi connectivity index (χ1v) is 14.3. The summed E-state index contributed by atoms with van der Waals surface area (Å²) in [5, 5.41) is 0.219. The summed E-state index contributed by atoms with van der Waals surface area (Å²) in [4.78, 5) is 37.9. The average Bonchev–Trinajstić information content (AvgIpc) is 2.98. The summed E-state index contributed by atoms with van der Waals surface area (Å²) in [5.41, 5.74) is 1.73. The second kappa shape index (κ2) is 12.2. The first-order chi connectivity index (χ1) is 18.6. The van der Waals surface area contributed by atoms with Crippen LogP contribution in [0.5, 0.6) is 5.75 Å². The molecule has 1 atom stereocenters. The molecule has 1 saturated heterocycles.